The third kappa shape index (κ3) is 1.37. The highest BCUT2D eigenvalue weighted by Gasteiger charge is 2.63. The molecule has 1 aromatic rings. The topological polar surface area (TPSA) is 52.9 Å². The fourth-order valence-corrected chi connectivity index (χ4v) is 4.67. The fraction of sp³-hybridized carbons (Fsp3) is 0.625. The van der Waals surface area contributed by atoms with Crippen LogP contribution in [0.5, 0.6) is 5.75 Å². The zero-order valence-electron chi connectivity index (χ0n) is 11.8. The van der Waals surface area contributed by atoms with Gasteiger partial charge in [-0.15, -0.1) is 0 Å². The normalized spacial score (nSPS) is 40.0. The minimum Gasteiger partial charge on any atom is -0.508 e. The van der Waals surface area contributed by atoms with Gasteiger partial charge in [0.15, 0.2) is 0 Å². The molecule has 1 aromatic carbocycles. The number of hydrogen-bond donors (Lipinski definition) is 2. The van der Waals surface area contributed by atoms with Gasteiger partial charge in [0.25, 0.3) is 0 Å². The van der Waals surface area contributed by atoms with Gasteiger partial charge in [-0.25, -0.2) is 0 Å². The molecule has 0 amide bonds. The standard InChI is InChI=1S/C16H21NO3/c1-17-6-4-15-10-20-7-5-16(15,19)14(17)8-11-2-3-12(18)9-13(11)15/h2-3,9,14,18-19H,4-8,10H2,1H3/t14-,15-,16-/m1/s1. The first-order valence-corrected chi connectivity index (χ1v) is 7.40. The largest absolute Gasteiger partial charge is 0.508 e. The molecule has 0 saturated carbocycles. The predicted molar refractivity (Wildman–Crippen MR) is 74.9 cm³/mol. The number of nitrogens with zero attached hydrogens (tertiary/aromatic N) is 1. The van der Waals surface area contributed by atoms with Crippen LogP contribution in [0.15, 0.2) is 18.2 Å². The molecule has 2 heterocycles. The molecular weight excluding hydrogens is 254 g/mol. The van der Waals surface area contributed by atoms with Crippen LogP contribution < -0.4 is 0 Å². The predicted octanol–water partition coefficient (Wildman–Crippen LogP) is 1.04. The highest BCUT2D eigenvalue weighted by Crippen LogP contribution is 2.54. The number of ether oxygens (including phenoxy) is 1. The first-order valence-electron chi connectivity index (χ1n) is 7.40. The highest BCUT2D eigenvalue weighted by atomic mass is 16.5. The van der Waals surface area contributed by atoms with Crippen LogP contribution in [0.1, 0.15) is 24.0 Å². The fourth-order valence-electron chi connectivity index (χ4n) is 4.67. The zero-order chi connectivity index (χ0) is 14.0. The Morgan fingerprint density at radius 2 is 2.20 bits per heavy atom. The van der Waals surface area contributed by atoms with E-state index < -0.39 is 5.60 Å². The molecule has 4 rings (SSSR count). The summed E-state index contributed by atoms with van der Waals surface area (Å²) in [5.41, 5.74) is 1.26. The van der Waals surface area contributed by atoms with Crippen molar-refractivity contribution >= 4 is 0 Å². The van der Waals surface area contributed by atoms with E-state index in [-0.39, 0.29) is 17.2 Å². The van der Waals surface area contributed by atoms with Crippen molar-refractivity contribution in [1.82, 2.24) is 4.90 Å². The van der Waals surface area contributed by atoms with Crippen LogP contribution >= 0.6 is 0 Å². The van der Waals surface area contributed by atoms with Crippen LogP contribution in [0.3, 0.4) is 0 Å². The van der Waals surface area contributed by atoms with Crippen molar-refractivity contribution in [1.29, 1.82) is 0 Å². The Bertz CT molecular complexity index is 561. The summed E-state index contributed by atoms with van der Waals surface area (Å²) in [5.74, 6) is 0.281. The quantitative estimate of drug-likeness (QED) is 0.743. The van der Waals surface area contributed by atoms with Crippen LogP contribution in [0.25, 0.3) is 0 Å². The van der Waals surface area contributed by atoms with Gasteiger partial charge in [-0.05, 0) is 49.7 Å². The maximum Gasteiger partial charge on any atom is 0.115 e. The number of piperidine rings is 1. The van der Waals surface area contributed by atoms with Crippen molar-refractivity contribution < 1.29 is 14.9 Å². The zero-order valence-corrected chi connectivity index (χ0v) is 11.8. The first-order chi connectivity index (χ1) is 9.57. The van der Waals surface area contributed by atoms with Crippen LogP contribution in [-0.4, -0.2) is 53.6 Å². The van der Waals surface area contributed by atoms with E-state index in [0.717, 1.165) is 24.9 Å². The van der Waals surface area contributed by atoms with E-state index in [4.69, 9.17) is 4.74 Å². The number of phenols is 1. The third-order valence-corrected chi connectivity index (χ3v) is 5.80. The third-order valence-electron chi connectivity index (χ3n) is 5.80. The first kappa shape index (κ1) is 12.6. The minimum absolute atomic E-state index is 0.150. The molecule has 3 atom stereocenters. The van der Waals surface area contributed by atoms with E-state index in [2.05, 4.69) is 11.9 Å². The van der Waals surface area contributed by atoms with Gasteiger partial charge >= 0.3 is 0 Å². The summed E-state index contributed by atoms with van der Waals surface area (Å²) >= 11 is 0. The Kier molecular flexibility index (Phi) is 2.50. The maximum atomic E-state index is 11.5. The van der Waals surface area contributed by atoms with E-state index in [1.54, 1.807) is 6.07 Å². The Morgan fingerprint density at radius 1 is 1.35 bits per heavy atom. The smallest absolute Gasteiger partial charge is 0.115 e. The Hall–Kier alpha value is -1.10. The van der Waals surface area contributed by atoms with Crippen LogP contribution in [0.4, 0.5) is 0 Å². The van der Waals surface area contributed by atoms with Crippen molar-refractivity contribution in [2.75, 3.05) is 26.8 Å². The average Bonchev–Trinajstić information content (AvgIpc) is 2.43. The Balaban J connectivity index is 1.97. The van der Waals surface area contributed by atoms with Crippen LogP contribution in [0.2, 0.25) is 0 Å². The molecule has 0 aromatic heterocycles. The van der Waals surface area contributed by atoms with Crippen molar-refractivity contribution in [3.8, 4) is 5.75 Å². The molecule has 3 aliphatic rings. The second kappa shape index (κ2) is 3.97. The highest BCUT2D eigenvalue weighted by molar-refractivity contribution is 5.48. The molecule has 2 saturated heterocycles. The van der Waals surface area contributed by atoms with Crippen LogP contribution in [-0.2, 0) is 16.6 Å². The molecule has 0 spiro atoms. The van der Waals surface area contributed by atoms with Gasteiger partial charge in [0.2, 0.25) is 0 Å². The number of aliphatic hydroxyl groups is 1. The summed E-state index contributed by atoms with van der Waals surface area (Å²) in [5, 5.41) is 21.3. The van der Waals surface area contributed by atoms with Gasteiger partial charge in [-0.1, -0.05) is 6.07 Å². The minimum atomic E-state index is -0.737. The number of aromatic hydroxyl groups is 1. The van der Waals surface area contributed by atoms with E-state index in [0.29, 0.717) is 19.6 Å². The molecule has 108 valence electrons. The van der Waals surface area contributed by atoms with Crippen LogP contribution in [0, 0.1) is 0 Å². The molecule has 1 aliphatic carbocycles. The van der Waals surface area contributed by atoms with Gasteiger partial charge in [0, 0.05) is 19.1 Å². The van der Waals surface area contributed by atoms with E-state index in [9.17, 15) is 10.2 Å². The van der Waals surface area contributed by atoms with Gasteiger partial charge in [-0.2, -0.15) is 0 Å². The summed E-state index contributed by atoms with van der Waals surface area (Å²) in [7, 11) is 2.10. The average molecular weight is 275 g/mol. The van der Waals surface area contributed by atoms with Crippen molar-refractivity contribution in [3.05, 3.63) is 29.3 Å². The lowest BCUT2D eigenvalue weighted by atomic mass is 9.53. The van der Waals surface area contributed by atoms with Gasteiger partial charge in [-0.3, -0.25) is 0 Å². The Morgan fingerprint density at radius 3 is 3.05 bits per heavy atom. The molecule has 4 heteroatoms. The molecule has 4 nitrogen and oxygen atoms in total. The maximum absolute atomic E-state index is 11.5. The van der Waals surface area contributed by atoms with E-state index in [1.807, 2.05) is 12.1 Å². The van der Waals surface area contributed by atoms with Gasteiger partial charge in [0.05, 0.1) is 17.6 Å². The Labute approximate surface area is 119 Å². The van der Waals surface area contributed by atoms with Gasteiger partial charge < -0.3 is 19.8 Å². The molecule has 2 bridgehead atoms. The molecule has 2 fully saturated rings. The lowest BCUT2D eigenvalue weighted by molar-refractivity contribution is -0.198. The number of rotatable bonds is 0. The summed E-state index contributed by atoms with van der Waals surface area (Å²) in [6.45, 7) is 2.15. The SMILES string of the molecule is CN1CC[C@]23COCC[C@@]2(O)[C@H]1Cc1ccc(O)cc13. The van der Waals surface area contributed by atoms with Crippen molar-refractivity contribution in [2.24, 2.45) is 0 Å². The summed E-state index contributed by atoms with van der Waals surface area (Å²) in [6.07, 6.45) is 2.41. The number of hydrogen-bond acceptors (Lipinski definition) is 4. The summed E-state index contributed by atoms with van der Waals surface area (Å²) in [4.78, 5) is 2.29. The van der Waals surface area contributed by atoms with Gasteiger partial charge in [0.1, 0.15) is 5.75 Å². The van der Waals surface area contributed by atoms with Crippen molar-refractivity contribution in [3.63, 3.8) is 0 Å². The lowest BCUT2D eigenvalue weighted by Crippen LogP contribution is -2.73. The monoisotopic (exact) mass is 275 g/mol. The molecule has 2 aliphatic heterocycles. The summed E-state index contributed by atoms with van der Waals surface area (Å²) in [6, 6.07) is 5.75. The molecule has 0 unspecified atom stereocenters. The summed E-state index contributed by atoms with van der Waals surface area (Å²) < 4.78 is 5.75. The molecular formula is C16H21NO3. The second-order valence-corrected chi connectivity index (χ2v) is 6.60. The second-order valence-electron chi connectivity index (χ2n) is 6.60. The number of benzene rings is 1. The van der Waals surface area contributed by atoms with E-state index in [1.165, 1.54) is 5.56 Å². The number of fused-ring (bicyclic) bond motifs is 1. The number of likely N-dealkylation sites (tertiary alicyclic amines) is 1. The van der Waals surface area contributed by atoms with E-state index >= 15 is 0 Å². The molecule has 20 heavy (non-hydrogen) atoms. The molecule has 2 N–H and O–H groups in total. The molecule has 0 radical (unpaired) electrons. The van der Waals surface area contributed by atoms with Crippen molar-refractivity contribution in [2.45, 2.75) is 36.3 Å². The number of phenolic OH excluding ortho intramolecular Hbond substituents is 1. The lowest BCUT2D eigenvalue weighted by Gasteiger charge is -2.62. The number of likely N-dealkylation sites (N-methyl/N-ethyl adjacent to an activating group) is 1.